The number of hydrogen-bond donors (Lipinski definition) is 3. The van der Waals surface area contributed by atoms with E-state index in [1.807, 2.05) is 0 Å². The van der Waals surface area contributed by atoms with E-state index in [-0.39, 0.29) is 17.8 Å². The number of hydrogen-bond acceptors (Lipinski definition) is 5. The van der Waals surface area contributed by atoms with Crippen molar-refractivity contribution < 1.29 is 29.6 Å². The third kappa shape index (κ3) is 3.40. The number of carboxylic acids is 2. The highest BCUT2D eigenvalue weighted by Gasteiger charge is 2.30. The van der Waals surface area contributed by atoms with Gasteiger partial charge in [-0.1, -0.05) is 26.0 Å². The second-order valence-corrected chi connectivity index (χ2v) is 5.50. The predicted octanol–water partition coefficient (Wildman–Crippen LogP) is 2.91. The first-order valence-corrected chi connectivity index (χ1v) is 7.68. The normalized spacial score (nSPS) is 11.8. The molecule has 132 valence electrons. The smallest absolute Gasteiger partial charge is 0.340 e. The fourth-order valence-electron chi connectivity index (χ4n) is 2.68. The molecule has 0 spiro atoms. The summed E-state index contributed by atoms with van der Waals surface area (Å²) >= 11 is 0. The highest BCUT2D eigenvalue weighted by Crippen LogP contribution is 2.34. The molecule has 25 heavy (non-hydrogen) atoms. The van der Waals surface area contributed by atoms with Gasteiger partial charge in [0.15, 0.2) is 5.75 Å². The van der Waals surface area contributed by atoms with Gasteiger partial charge in [-0.2, -0.15) is 0 Å². The van der Waals surface area contributed by atoms with Crippen molar-refractivity contribution in [1.82, 2.24) is 4.98 Å². The van der Waals surface area contributed by atoms with Crippen LogP contribution in [0.2, 0.25) is 0 Å². The summed E-state index contributed by atoms with van der Waals surface area (Å²) in [6.07, 6.45) is 0.272. The number of aromatic hydroxyl groups is 1. The molecule has 0 saturated heterocycles. The summed E-state index contributed by atoms with van der Waals surface area (Å²) in [6.45, 7) is 3.44. The molecular weight excluding hydrogens is 326 g/mol. The van der Waals surface area contributed by atoms with Crippen molar-refractivity contribution in [2.45, 2.75) is 26.2 Å². The van der Waals surface area contributed by atoms with Crippen LogP contribution in [0.3, 0.4) is 0 Å². The number of aromatic carboxylic acids is 2. The van der Waals surface area contributed by atoms with Gasteiger partial charge < -0.3 is 20.1 Å². The highest BCUT2D eigenvalue weighted by atomic mass is 16.5. The van der Waals surface area contributed by atoms with Crippen molar-refractivity contribution in [2.75, 3.05) is 7.11 Å². The summed E-state index contributed by atoms with van der Waals surface area (Å²) < 4.78 is 5.10. The highest BCUT2D eigenvalue weighted by molar-refractivity contribution is 6.04. The number of methoxy groups -OCH3 is 1. The third-order valence-corrected chi connectivity index (χ3v) is 4.06. The van der Waals surface area contributed by atoms with Gasteiger partial charge in [-0.15, -0.1) is 0 Å². The van der Waals surface area contributed by atoms with Crippen molar-refractivity contribution in [1.29, 1.82) is 0 Å². The Morgan fingerprint density at radius 2 is 1.68 bits per heavy atom. The first-order chi connectivity index (χ1) is 11.8. The molecule has 2 rings (SSSR count). The van der Waals surface area contributed by atoms with Gasteiger partial charge >= 0.3 is 11.9 Å². The molecule has 7 heteroatoms. The topological polar surface area (TPSA) is 117 Å². The number of benzene rings is 1. The average molecular weight is 345 g/mol. The molecule has 0 radical (unpaired) electrons. The second kappa shape index (κ2) is 7.21. The Balaban J connectivity index is 2.71. The monoisotopic (exact) mass is 345 g/mol. The van der Waals surface area contributed by atoms with Crippen molar-refractivity contribution >= 4 is 11.9 Å². The summed E-state index contributed by atoms with van der Waals surface area (Å²) in [6, 6.07) is 6.97. The van der Waals surface area contributed by atoms with Crippen LogP contribution in [-0.4, -0.2) is 39.4 Å². The Kier molecular flexibility index (Phi) is 5.26. The van der Waals surface area contributed by atoms with Gasteiger partial charge in [0.25, 0.3) is 0 Å². The number of ether oxygens (including phenoxy) is 1. The van der Waals surface area contributed by atoms with Crippen LogP contribution in [0.15, 0.2) is 24.3 Å². The van der Waals surface area contributed by atoms with E-state index in [0.29, 0.717) is 5.75 Å². The fourth-order valence-corrected chi connectivity index (χ4v) is 2.68. The maximum Gasteiger partial charge on any atom is 0.340 e. The molecule has 1 atom stereocenters. The quantitative estimate of drug-likeness (QED) is 0.737. The lowest BCUT2D eigenvalue weighted by Crippen LogP contribution is -2.17. The molecule has 1 aromatic heterocycles. The molecule has 0 aliphatic rings. The molecule has 1 heterocycles. The summed E-state index contributed by atoms with van der Waals surface area (Å²) in [7, 11) is 1.54. The van der Waals surface area contributed by atoms with Crippen LogP contribution in [0.25, 0.3) is 0 Å². The van der Waals surface area contributed by atoms with Crippen molar-refractivity contribution in [2.24, 2.45) is 0 Å². The lowest BCUT2D eigenvalue weighted by atomic mass is 9.90. The molecule has 7 nitrogen and oxygen atoms in total. The lowest BCUT2D eigenvalue weighted by molar-refractivity contribution is 0.0646. The van der Waals surface area contributed by atoms with Crippen LogP contribution in [0.5, 0.6) is 11.5 Å². The standard InChI is InChI=1S/C18H19NO6/c1-4-12-16(20)14(18(23)24)13(17(21)22)15(19-12)9(2)10-5-7-11(25-3)8-6-10/h5-9,20H,4H2,1-3H3,(H,21,22)(H,23,24). The molecule has 1 unspecified atom stereocenters. The molecule has 0 saturated carbocycles. The molecule has 0 aliphatic heterocycles. The zero-order chi connectivity index (χ0) is 18.7. The SMILES string of the molecule is CCc1nc(C(C)c2ccc(OC)cc2)c(C(=O)O)c(C(=O)O)c1O. The van der Waals surface area contributed by atoms with E-state index in [9.17, 15) is 24.9 Å². The Morgan fingerprint density at radius 1 is 1.12 bits per heavy atom. The number of nitrogens with zero attached hydrogens (tertiary/aromatic N) is 1. The number of carboxylic acid groups (broad SMARTS) is 2. The fraction of sp³-hybridized carbons (Fsp3) is 0.278. The Morgan fingerprint density at radius 3 is 2.12 bits per heavy atom. The van der Waals surface area contributed by atoms with Gasteiger partial charge in [0.05, 0.1) is 24.1 Å². The van der Waals surface area contributed by atoms with Gasteiger partial charge in [-0.05, 0) is 24.1 Å². The minimum Gasteiger partial charge on any atom is -0.505 e. The van der Waals surface area contributed by atoms with E-state index in [1.54, 1.807) is 38.1 Å². The van der Waals surface area contributed by atoms with Gasteiger partial charge in [0, 0.05) is 5.92 Å². The molecule has 1 aromatic carbocycles. The van der Waals surface area contributed by atoms with Crippen LogP contribution in [0.4, 0.5) is 0 Å². The second-order valence-electron chi connectivity index (χ2n) is 5.50. The van der Waals surface area contributed by atoms with Crippen LogP contribution >= 0.6 is 0 Å². The summed E-state index contributed by atoms with van der Waals surface area (Å²) in [5.74, 6) is -3.39. The third-order valence-electron chi connectivity index (χ3n) is 4.06. The number of aromatic nitrogens is 1. The number of rotatable bonds is 6. The van der Waals surface area contributed by atoms with E-state index >= 15 is 0 Å². The molecule has 0 fully saturated rings. The van der Waals surface area contributed by atoms with E-state index < -0.39 is 34.7 Å². The number of pyridine rings is 1. The number of aryl methyl sites for hydroxylation is 1. The van der Waals surface area contributed by atoms with Crippen LogP contribution in [0, 0.1) is 0 Å². The van der Waals surface area contributed by atoms with Gasteiger partial charge in [-0.25, -0.2) is 9.59 Å². The van der Waals surface area contributed by atoms with Crippen molar-refractivity contribution in [3.8, 4) is 11.5 Å². The maximum absolute atomic E-state index is 11.7. The van der Waals surface area contributed by atoms with E-state index in [2.05, 4.69) is 4.98 Å². The average Bonchev–Trinajstić information content (AvgIpc) is 2.60. The van der Waals surface area contributed by atoms with Crippen molar-refractivity contribution in [3.63, 3.8) is 0 Å². The Bertz CT molecular complexity index is 813. The van der Waals surface area contributed by atoms with E-state index in [1.165, 1.54) is 7.11 Å². The summed E-state index contributed by atoms with van der Waals surface area (Å²) in [5, 5.41) is 29.0. The first kappa shape index (κ1) is 18.3. The molecule has 0 amide bonds. The molecule has 0 bridgehead atoms. The van der Waals surface area contributed by atoms with E-state index in [4.69, 9.17) is 4.74 Å². The van der Waals surface area contributed by atoms with Crippen LogP contribution in [0.1, 0.15) is 57.4 Å². The van der Waals surface area contributed by atoms with Crippen molar-refractivity contribution in [3.05, 3.63) is 52.3 Å². The molecular formula is C18H19NO6. The zero-order valence-electron chi connectivity index (χ0n) is 14.1. The van der Waals surface area contributed by atoms with Crippen LogP contribution in [-0.2, 0) is 6.42 Å². The molecule has 3 N–H and O–H groups in total. The largest absolute Gasteiger partial charge is 0.505 e. The predicted molar refractivity (Wildman–Crippen MR) is 89.7 cm³/mol. The van der Waals surface area contributed by atoms with Gasteiger partial charge in [0.1, 0.15) is 11.3 Å². The van der Waals surface area contributed by atoms with Crippen LogP contribution < -0.4 is 4.74 Å². The van der Waals surface area contributed by atoms with Gasteiger partial charge in [0.2, 0.25) is 0 Å². The van der Waals surface area contributed by atoms with E-state index in [0.717, 1.165) is 5.56 Å². The minimum atomic E-state index is -1.50. The lowest BCUT2D eigenvalue weighted by Gasteiger charge is -2.18. The zero-order valence-corrected chi connectivity index (χ0v) is 14.1. The Labute approximate surface area is 144 Å². The summed E-state index contributed by atoms with van der Waals surface area (Å²) in [4.78, 5) is 27.5. The first-order valence-electron chi connectivity index (χ1n) is 7.68. The Hall–Kier alpha value is -3.09. The minimum absolute atomic E-state index is 0.102. The number of carbonyl (C=O) groups is 2. The summed E-state index contributed by atoms with van der Waals surface area (Å²) in [5.41, 5.74) is -0.123. The maximum atomic E-state index is 11.7. The molecule has 0 aliphatic carbocycles. The molecule has 2 aromatic rings. The van der Waals surface area contributed by atoms with Gasteiger partial charge in [-0.3, -0.25) is 4.98 Å².